The lowest BCUT2D eigenvalue weighted by atomic mass is 10.0. The maximum atomic E-state index is 9.19. The molecule has 0 amide bonds. The van der Waals surface area contributed by atoms with E-state index in [1.54, 1.807) is 24.3 Å². The quantitative estimate of drug-likeness (QED) is 0.559. The van der Waals surface area contributed by atoms with E-state index in [1.165, 1.54) is 0 Å². The Labute approximate surface area is 94.5 Å². The molecule has 84 valence electrons. The molecule has 0 aliphatic heterocycles. The zero-order valence-electron chi connectivity index (χ0n) is 9.10. The highest BCUT2D eigenvalue weighted by Crippen LogP contribution is 2.18. The zero-order chi connectivity index (χ0) is 11.1. The van der Waals surface area contributed by atoms with Gasteiger partial charge in [0.25, 0.3) is 0 Å². The SMILES string of the molecule is CNC(C)(CO)CCSc1ccncn1. The minimum atomic E-state index is -0.194. The van der Waals surface area contributed by atoms with E-state index in [1.807, 2.05) is 20.0 Å². The van der Waals surface area contributed by atoms with Crippen molar-refractivity contribution in [3.8, 4) is 0 Å². The van der Waals surface area contributed by atoms with E-state index < -0.39 is 0 Å². The summed E-state index contributed by atoms with van der Waals surface area (Å²) in [6, 6.07) is 1.89. The first-order valence-corrected chi connectivity index (χ1v) is 5.87. The first-order valence-electron chi connectivity index (χ1n) is 4.89. The lowest BCUT2D eigenvalue weighted by Gasteiger charge is -2.26. The summed E-state index contributed by atoms with van der Waals surface area (Å²) in [7, 11) is 1.87. The molecule has 1 aromatic heterocycles. The first kappa shape index (κ1) is 12.4. The molecule has 0 bridgehead atoms. The van der Waals surface area contributed by atoms with Crippen LogP contribution in [0.2, 0.25) is 0 Å². The normalized spacial score (nSPS) is 14.9. The van der Waals surface area contributed by atoms with Crippen molar-refractivity contribution in [2.75, 3.05) is 19.4 Å². The molecule has 15 heavy (non-hydrogen) atoms. The predicted octanol–water partition coefficient (Wildman–Crippen LogP) is 0.929. The van der Waals surface area contributed by atoms with Crippen LogP contribution in [0.1, 0.15) is 13.3 Å². The largest absolute Gasteiger partial charge is 0.394 e. The number of nitrogens with zero attached hydrogens (tertiary/aromatic N) is 2. The average Bonchev–Trinajstić information content (AvgIpc) is 2.30. The average molecular weight is 227 g/mol. The zero-order valence-corrected chi connectivity index (χ0v) is 9.92. The molecule has 0 aliphatic carbocycles. The number of aliphatic hydroxyl groups excluding tert-OH is 1. The standard InChI is InChI=1S/C10H17N3OS/c1-10(7-14,11-2)4-6-15-9-3-5-12-8-13-9/h3,5,8,11,14H,4,6-7H2,1-2H3. The van der Waals surface area contributed by atoms with Crippen molar-refractivity contribution < 1.29 is 5.11 Å². The van der Waals surface area contributed by atoms with Crippen LogP contribution in [0.3, 0.4) is 0 Å². The molecule has 0 radical (unpaired) electrons. The second-order valence-corrected chi connectivity index (χ2v) is 4.73. The van der Waals surface area contributed by atoms with Crippen molar-refractivity contribution in [3.05, 3.63) is 18.6 Å². The summed E-state index contributed by atoms with van der Waals surface area (Å²) in [5, 5.41) is 13.3. The smallest absolute Gasteiger partial charge is 0.116 e. The third-order valence-corrected chi connectivity index (χ3v) is 3.36. The van der Waals surface area contributed by atoms with E-state index in [0.29, 0.717) is 0 Å². The van der Waals surface area contributed by atoms with Gasteiger partial charge in [0.2, 0.25) is 0 Å². The second-order valence-electron chi connectivity index (χ2n) is 3.61. The molecule has 1 atom stereocenters. The number of likely N-dealkylation sites (N-methyl/N-ethyl adjacent to an activating group) is 1. The van der Waals surface area contributed by atoms with Gasteiger partial charge in [-0.2, -0.15) is 0 Å². The minimum absolute atomic E-state index is 0.147. The minimum Gasteiger partial charge on any atom is -0.394 e. The summed E-state index contributed by atoms with van der Waals surface area (Å²) in [6.45, 7) is 2.15. The molecular formula is C10H17N3OS. The van der Waals surface area contributed by atoms with Crippen molar-refractivity contribution in [3.63, 3.8) is 0 Å². The van der Waals surface area contributed by atoms with Crippen LogP contribution >= 0.6 is 11.8 Å². The Morgan fingerprint density at radius 3 is 2.93 bits per heavy atom. The van der Waals surface area contributed by atoms with Crippen molar-refractivity contribution in [2.45, 2.75) is 23.9 Å². The van der Waals surface area contributed by atoms with Gasteiger partial charge in [0.05, 0.1) is 11.6 Å². The first-order chi connectivity index (χ1) is 7.20. The Balaban J connectivity index is 2.33. The van der Waals surface area contributed by atoms with E-state index >= 15 is 0 Å². The van der Waals surface area contributed by atoms with Gasteiger partial charge in [0, 0.05) is 17.5 Å². The van der Waals surface area contributed by atoms with Gasteiger partial charge in [0.15, 0.2) is 0 Å². The number of hydrogen-bond acceptors (Lipinski definition) is 5. The van der Waals surface area contributed by atoms with Crippen LogP contribution < -0.4 is 5.32 Å². The van der Waals surface area contributed by atoms with Crippen molar-refractivity contribution >= 4 is 11.8 Å². The van der Waals surface area contributed by atoms with Gasteiger partial charge in [-0.05, 0) is 26.5 Å². The van der Waals surface area contributed by atoms with Gasteiger partial charge in [-0.3, -0.25) is 0 Å². The topological polar surface area (TPSA) is 58.0 Å². The van der Waals surface area contributed by atoms with Gasteiger partial charge in [0.1, 0.15) is 6.33 Å². The highest BCUT2D eigenvalue weighted by Gasteiger charge is 2.19. The van der Waals surface area contributed by atoms with Crippen molar-refractivity contribution in [2.24, 2.45) is 0 Å². The number of hydrogen-bond donors (Lipinski definition) is 2. The molecule has 4 nitrogen and oxygen atoms in total. The molecule has 0 aromatic carbocycles. The van der Waals surface area contributed by atoms with Crippen LogP contribution in [0, 0.1) is 0 Å². The van der Waals surface area contributed by atoms with Gasteiger partial charge in [-0.25, -0.2) is 9.97 Å². The maximum absolute atomic E-state index is 9.19. The lowest BCUT2D eigenvalue weighted by molar-refractivity contribution is 0.179. The summed E-state index contributed by atoms with van der Waals surface area (Å²) in [5.41, 5.74) is -0.194. The number of thioether (sulfide) groups is 1. The third kappa shape index (κ3) is 4.15. The number of aromatic nitrogens is 2. The fraction of sp³-hybridized carbons (Fsp3) is 0.600. The second kappa shape index (κ2) is 6.05. The van der Waals surface area contributed by atoms with Crippen molar-refractivity contribution in [1.29, 1.82) is 0 Å². The number of nitrogens with one attached hydrogen (secondary N) is 1. The molecule has 1 aromatic rings. The summed E-state index contributed by atoms with van der Waals surface area (Å²) in [6.07, 6.45) is 4.18. The Hall–Kier alpha value is -0.650. The van der Waals surface area contributed by atoms with Crippen LogP contribution in [-0.2, 0) is 0 Å². The number of aliphatic hydroxyl groups is 1. The van der Waals surface area contributed by atoms with Crippen LogP contribution in [0.4, 0.5) is 0 Å². The van der Waals surface area contributed by atoms with Crippen molar-refractivity contribution in [1.82, 2.24) is 15.3 Å². The Morgan fingerprint density at radius 1 is 1.60 bits per heavy atom. The molecule has 5 heteroatoms. The number of rotatable bonds is 6. The summed E-state index contributed by atoms with van der Waals surface area (Å²) in [4.78, 5) is 7.98. The molecule has 1 unspecified atom stereocenters. The van der Waals surface area contributed by atoms with Crippen LogP contribution in [0.5, 0.6) is 0 Å². The van der Waals surface area contributed by atoms with E-state index in [-0.39, 0.29) is 12.1 Å². The Morgan fingerprint density at radius 2 is 2.40 bits per heavy atom. The molecule has 0 spiro atoms. The highest BCUT2D eigenvalue weighted by atomic mass is 32.2. The van der Waals surface area contributed by atoms with E-state index in [4.69, 9.17) is 0 Å². The summed E-state index contributed by atoms with van der Waals surface area (Å²) < 4.78 is 0. The molecule has 0 saturated heterocycles. The fourth-order valence-electron chi connectivity index (χ4n) is 1.03. The van der Waals surface area contributed by atoms with Gasteiger partial charge in [-0.15, -0.1) is 11.8 Å². The molecule has 1 heterocycles. The van der Waals surface area contributed by atoms with Crippen LogP contribution in [0.15, 0.2) is 23.6 Å². The molecule has 0 fully saturated rings. The monoisotopic (exact) mass is 227 g/mol. The van der Waals surface area contributed by atoms with E-state index in [9.17, 15) is 5.11 Å². The van der Waals surface area contributed by atoms with Gasteiger partial charge >= 0.3 is 0 Å². The van der Waals surface area contributed by atoms with Gasteiger partial charge < -0.3 is 10.4 Å². The maximum Gasteiger partial charge on any atom is 0.116 e. The fourth-order valence-corrected chi connectivity index (χ4v) is 2.07. The van der Waals surface area contributed by atoms with E-state index in [2.05, 4.69) is 15.3 Å². The molecule has 0 saturated carbocycles. The Kier molecular flexibility index (Phi) is 5.01. The predicted molar refractivity (Wildman–Crippen MR) is 61.9 cm³/mol. The lowest BCUT2D eigenvalue weighted by Crippen LogP contribution is -2.43. The molecular weight excluding hydrogens is 210 g/mol. The molecule has 0 aliphatic rings. The molecule has 2 N–H and O–H groups in total. The van der Waals surface area contributed by atoms with Crippen LogP contribution in [-0.4, -0.2) is 40.0 Å². The Bertz CT molecular complexity index is 277. The van der Waals surface area contributed by atoms with Gasteiger partial charge in [-0.1, -0.05) is 0 Å². The van der Waals surface area contributed by atoms with E-state index in [0.717, 1.165) is 17.2 Å². The highest BCUT2D eigenvalue weighted by molar-refractivity contribution is 7.99. The molecule has 1 rings (SSSR count). The summed E-state index contributed by atoms with van der Waals surface area (Å²) >= 11 is 1.68. The van der Waals surface area contributed by atoms with Crippen LogP contribution in [0.25, 0.3) is 0 Å². The third-order valence-electron chi connectivity index (χ3n) is 2.41. The summed E-state index contributed by atoms with van der Waals surface area (Å²) in [5.74, 6) is 0.926.